The summed E-state index contributed by atoms with van der Waals surface area (Å²) in [6.45, 7) is 5.82. The monoisotopic (exact) mass is 339 g/mol. The lowest BCUT2D eigenvalue weighted by Crippen LogP contribution is -2.34. The normalized spacial score (nSPS) is 10.7. The first-order valence-corrected chi connectivity index (χ1v) is 7.59. The van der Waals surface area contributed by atoms with Gasteiger partial charge in [0.05, 0.1) is 27.2 Å². The summed E-state index contributed by atoms with van der Waals surface area (Å²) in [6, 6.07) is 5.26. The number of carbonyl (C=O) groups is 2. The largest absolute Gasteiger partial charge is 0.493 e. The van der Waals surface area contributed by atoms with Gasteiger partial charge in [0.15, 0.2) is 11.5 Å². The van der Waals surface area contributed by atoms with Crippen LogP contribution in [0.2, 0.25) is 0 Å². The van der Waals surface area contributed by atoms with Crippen molar-refractivity contribution in [3.63, 3.8) is 0 Å². The highest BCUT2D eigenvalue weighted by atomic mass is 16.6. The Morgan fingerprint density at radius 1 is 1.17 bits per heavy atom. The van der Waals surface area contributed by atoms with E-state index in [4.69, 9.17) is 14.2 Å². The number of nitrogens with one attached hydrogen (secondary N) is 1. The van der Waals surface area contributed by atoms with E-state index in [9.17, 15) is 9.59 Å². The molecule has 0 fully saturated rings. The number of ether oxygens (including phenoxy) is 4. The van der Waals surface area contributed by atoms with Crippen LogP contribution in [0.4, 0.5) is 4.79 Å². The smallest absolute Gasteiger partial charge is 0.407 e. The molecule has 0 spiro atoms. The van der Waals surface area contributed by atoms with E-state index in [1.165, 1.54) is 14.2 Å². The number of rotatable bonds is 7. The van der Waals surface area contributed by atoms with Crippen LogP contribution in [0.25, 0.3) is 0 Å². The van der Waals surface area contributed by atoms with Gasteiger partial charge in [-0.1, -0.05) is 12.1 Å². The Labute approximate surface area is 142 Å². The highest BCUT2D eigenvalue weighted by molar-refractivity contribution is 5.74. The van der Waals surface area contributed by atoms with Gasteiger partial charge in [0.2, 0.25) is 0 Å². The second-order valence-electron chi connectivity index (χ2n) is 5.98. The van der Waals surface area contributed by atoms with Gasteiger partial charge in [-0.2, -0.15) is 0 Å². The molecule has 0 aliphatic rings. The summed E-state index contributed by atoms with van der Waals surface area (Å²) >= 11 is 0. The molecule has 24 heavy (non-hydrogen) atoms. The minimum Gasteiger partial charge on any atom is -0.493 e. The van der Waals surface area contributed by atoms with Gasteiger partial charge in [-0.15, -0.1) is 0 Å². The molecule has 0 saturated carbocycles. The van der Waals surface area contributed by atoms with Gasteiger partial charge in [0.1, 0.15) is 12.2 Å². The van der Waals surface area contributed by atoms with E-state index in [1.807, 2.05) is 0 Å². The highest BCUT2D eigenvalue weighted by Gasteiger charge is 2.16. The molecule has 0 radical (unpaired) electrons. The molecule has 0 unspecified atom stereocenters. The van der Waals surface area contributed by atoms with Gasteiger partial charge in [-0.05, 0) is 26.8 Å². The summed E-state index contributed by atoms with van der Waals surface area (Å²) < 4.78 is 20.7. The predicted octanol–water partition coefficient (Wildman–Crippen LogP) is 2.31. The Morgan fingerprint density at radius 3 is 2.46 bits per heavy atom. The number of esters is 1. The number of methoxy groups -OCH3 is 2. The lowest BCUT2D eigenvalue weighted by atomic mass is 10.1. The molecule has 1 amide bonds. The Hall–Kier alpha value is -2.44. The van der Waals surface area contributed by atoms with Crippen LogP contribution in [0.3, 0.4) is 0 Å². The summed E-state index contributed by atoms with van der Waals surface area (Å²) in [4.78, 5) is 23.1. The van der Waals surface area contributed by atoms with Gasteiger partial charge < -0.3 is 24.3 Å². The molecule has 7 heteroatoms. The number of hydrogen-bond donors (Lipinski definition) is 1. The van der Waals surface area contributed by atoms with E-state index in [1.54, 1.807) is 39.0 Å². The second kappa shape index (κ2) is 9.00. The van der Waals surface area contributed by atoms with Crippen LogP contribution in [-0.4, -0.2) is 45.0 Å². The van der Waals surface area contributed by atoms with E-state index in [-0.39, 0.29) is 25.5 Å². The molecule has 1 aromatic rings. The summed E-state index contributed by atoms with van der Waals surface area (Å²) in [6.07, 6.45) is -0.441. The van der Waals surface area contributed by atoms with Crippen molar-refractivity contribution in [1.82, 2.24) is 5.32 Å². The zero-order valence-electron chi connectivity index (χ0n) is 14.8. The number of carbonyl (C=O) groups excluding carboxylic acids is 2. The van der Waals surface area contributed by atoms with Gasteiger partial charge in [-0.3, -0.25) is 4.79 Å². The minimum atomic E-state index is -0.554. The molecule has 134 valence electrons. The van der Waals surface area contributed by atoms with Gasteiger partial charge in [0, 0.05) is 5.56 Å². The van der Waals surface area contributed by atoms with Crippen LogP contribution in [-0.2, 0) is 20.7 Å². The number of para-hydroxylation sites is 1. The quantitative estimate of drug-likeness (QED) is 0.606. The molecule has 1 rings (SSSR count). The van der Waals surface area contributed by atoms with Crippen LogP contribution in [0, 0.1) is 0 Å². The standard InChI is InChI=1S/C17H25NO6/c1-17(2,3)24-16(20)18-9-10-23-15-12(11-14(19)22-5)7-6-8-13(15)21-4/h6-8H,9-11H2,1-5H3,(H,18,20). The molecule has 0 atom stereocenters. The molecule has 0 bridgehead atoms. The molecule has 1 aromatic carbocycles. The van der Waals surface area contributed by atoms with E-state index in [2.05, 4.69) is 10.1 Å². The molecule has 0 heterocycles. The average molecular weight is 339 g/mol. The van der Waals surface area contributed by atoms with E-state index >= 15 is 0 Å². The maximum atomic E-state index is 11.6. The van der Waals surface area contributed by atoms with Crippen LogP contribution in [0.1, 0.15) is 26.3 Å². The van der Waals surface area contributed by atoms with Crippen molar-refractivity contribution in [1.29, 1.82) is 0 Å². The Kier molecular flexibility index (Phi) is 7.35. The third-order valence-corrected chi connectivity index (χ3v) is 2.86. The third kappa shape index (κ3) is 6.76. The fourth-order valence-electron chi connectivity index (χ4n) is 1.87. The topological polar surface area (TPSA) is 83.1 Å². The number of benzene rings is 1. The summed E-state index contributed by atoms with van der Waals surface area (Å²) in [5.41, 5.74) is 0.0971. The maximum absolute atomic E-state index is 11.6. The average Bonchev–Trinajstić information content (AvgIpc) is 2.50. The Morgan fingerprint density at radius 2 is 1.88 bits per heavy atom. The summed E-state index contributed by atoms with van der Waals surface area (Å²) in [7, 11) is 2.84. The van der Waals surface area contributed by atoms with Crippen LogP contribution in [0.5, 0.6) is 11.5 Å². The van der Waals surface area contributed by atoms with Crippen molar-refractivity contribution in [3.8, 4) is 11.5 Å². The molecular formula is C17H25NO6. The van der Waals surface area contributed by atoms with Crippen molar-refractivity contribution in [2.75, 3.05) is 27.4 Å². The van der Waals surface area contributed by atoms with Crippen molar-refractivity contribution < 1.29 is 28.5 Å². The fraction of sp³-hybridized carbons (Fsp3) is 0.529. The molecule has 0 saturated heterocycles. The first-order chi connectivity index (χ1) is 11.3. The van der Waals surface area contributed by atoms with Gasteiger partial charge >= 0.3 is 12.1 Å². The van der Waals surface area contributed by atoms with Crippen LogP contribution in [0.15, 0.2) is 18.2 Å². The van der Waals surface area contributed by atoms with Crippen molar-refractivity contribution in [2.24, 2.45) is 0 Å². The predicted molar refractivity (Wildman–Crippen MR) is 88.4 cm³/mol. The Bertz CT molecular complexity index is 565. The molecule has 1 N–H and O–H groups in total. The number of hydrogen-bond acceptors (Lipinski definition) is 6. The number of alkyl carbamates (subject to hydrolysis) is 1. The van der Waals surface area contributed by atoms with Gasteiger partial charge in [-0.25, -0.2) is 4.79 Å². The van der Waals surface area contributed by atoms with E-state index in [0.717, 1.165) is 0 Å². The zero-order valence-corrected chi connectivity index (χ0v) is 14.8. The summed E-state index contributed by atoms with van der Waals surface area (Å²) in [5.74, 6) is 0.588. The van der Waals surface area contributed by atoms with Crippen molar-refractivity contribution >= 4 is 12.1 Å². The molecule has 0 aromatic heterocycles. The minimum absolute atomic E-state index is 0.0720. The molecule has 0 aliphatic carbocycles. The van der Waals surface area contributed by atoms with Gasteiger partial charge in [0.25, 0.3) is 0 Å². The van der Waals surface area contributed by atoms with Crippen molar-refractivity contribution in [2.45, 2.75) is 32.8 Å². The molecule has 0 aliphatic heterocycles. The second-order valence-corrected chi connectivity index (χ2v) is 5.98. The SMILES string of the molecule is COC(=O)Cc1cccc(OC)c1OCCNC(=O)OC(C)(C)C. The molecule has 7 nitrogen and oxygen atoms in total. The van der Waals surface area contributed by atoms with E-state index < -0.39 is 11.7 Å². The van der Waals surface area contributed by atoms with Crippen LogP contribution >= 0.6 is 0 Å². The highest BCUT2D eigenvalue weighted by Crippen LogP contribution is 2.31. The summed E-state index contributed by atoms with van der Waals surface area (Å²) in [5, 5.41) is 2.60. The number of amides is 1. The maximum Gasteiger partial charge on any atom is 0.407 e. The first kappa shape index (κ1) is 19.6. The first-order valence-electron chi connectivity index (χ1n) is 7.59. The van der Waals surface area contributed by atoms with E-state index in [0.29, 0.717) is 17.1 Å². The zero-order chi connectivity index (χ0) is 18.2. The third-order valence-electron chi connectivity index (χ3n) is 2.86. The molecular weight excluding hydrogens is 314 g/mol. The van der Waals surface area contributed by atoms with Crippen molar-refractivity contribution in [3.05, 3.63) is 23.8 Å². The lowest BCUT2D eigenvalue weighted by Gasteiger charge is -2.20. The Balaban J connectivity index is 2.63. The lowest BCUT2D eigenvalue weighted by molar-refractivity contribution is -0.139. The van der Waals surface area contributed by atoms with Crippen LogP contribution < -0.4 is 14.8 Å². The fourth-order valence-corrected chi connectivity index (χ4v) is 1.87.